The smallest absolute Gasteiger partial charge is 0.128 e. The van der Waals surface area contributed by atoms with E-state index in [1.165, 1.54) is 0 Å². The maximum Gasteiger partial charge on any atom is 0.128 e. The van der Waals surface area contributed by atoms with E-state index in [0.717, 1.165) is 28.0 Å². The van der Waals surface area contributed by atoms with Crippen molar-refractivity contribution in [1.29, 1.82) is 4.78 Å². The van der Waals surface area contributed by atoms with E-state index in [2.05, 4.69) is 25.1 Å². The van der Waals surface area contributed by atoms with Crippen LogP contribution in [0.4, 0.5) is 5.82 Å². The molecule has 11 heteroatoms. The lowest BCUT2D eigenvalue weighted by Gasteiger charge is -2.28. The molecule has 0 bridgehead atoms. The van der Waals surface area contributed by atoms with Gasteiger partial charge in [0.15, 0.2) is 0 Å². The quantitative estimate of drug-likeness (QED) is 0.370. The van der Waals surface area contributed by atoms with Gasteiger partial charge >= 0.3 is 0 Å². The number of hydrogen-bond acceptors (Lipinski definition) is 7. The van der Waals surface area contributed by atoms with Crippen molar-refractivity contribution in [1.82, 2.24) is 20.2 Å². The molecule has 3 aromatic heterocycles. The van der Waals surface area contributed by atoms with E-state index in [1.807, 2.05) is 37.3 Å². The number of anilines is 1. The summed E-state index contributed by atoms with van der Waals surface area (Å²) < 4.78 is 25.8. The van der Waals surface area contributed by atoms with Crippen LogP contribution in [0.15, 0.2) is 48.9 Å². The topological polar surface area (TPSA) is 108 Å². The molecule has 0 saturated carbocycles. The number of H-pyrrole nitrogens is 1. The van der Waals surface area contributed by atoms with Crippen LogP contribution in [0.25, 0.3) is 22.2 Å². The summed E-state index contributed by atoms with van der Waals surface area (Å²) in [6.45, 7) is 3.03. The first-order chi connectivity index (χ1) is 16.3. The van der Waals surface area contributed by atoms with Gasteiger partial charge in [-0.2, -0.15) is 5.10 Å². The molecule has 0 spiro atoms. The number of hydrogen-bond donors (Lipinski definition) is 2. The van der Waals surface area contributed by atoms with Gasteiger partial charge in [0.05, 0.1) is 15.6 Å². The van der Waals surface area contributed by atoms with Crippen LogP contribution >= 0.6 is 23.2 Å². The summed E-state index contributed by atoms with van der Waals surface area (Å²) in [6, 6.07) is 9.61. The van der Waals surface area contributed by atoms with E-state index >= 15 is 0 Å². The van der Waals surface area contributed by atoms with Gasteiger partial charge in [0, 0.05) is 69.4 Å². The van der Waals surface area contributed by atoms with Crippen molar-refractivity contribution in [2.24, 2.45) is 0 Å². The van der Waals surface area contributed by atoms with Gasteiger partial charge < -0.3 is 9.64 Å². The number of nitrogens with zero attached hydrogens (tertiary/aromatic N) is 4. The number of halogens is 2. The highest BCUT2D eigenvalue weighted by molar-refractivity contribution is 7.92. The first kappa shape index (κ1) is 22.9. The Labute approximate surface area is 207 Å². The molecule has 1 saturated heterocycles. The maximum atomic E-state index is 11.9. The Morgan fingerprint density at radius 2 is 1.85 bits per heavy atom. The van der Waals surface area contributed by atoms with Crippen molar-refractivity contribution in [3.63, 3.8) is 0 Å². The molecule has 0 aliphatic carbocycles. The van der Waals surface area contributed by atoms with E-state index in [-0.39, 0.29) is 6.10 Å². The zero-order valence-corrected chi connectivity index (χ0v) is 20.6. The number of pyridine rings is 2. The third-order valence-corrected chi connectivity index (χ3v) is 8.16. The Kier molecular flexibility index (Phi) is 6.09. The van der Waals surface area contributed by atoms with Gasteiger partial charge in [-0.25, -0.2) is 9.19 Å². The summed E-state index contributed by atoms with van der Waals surface area (Å²) in [5.41, 5.74) is 3.19. The fourth-order valence-corrected chi connectivity index (χ4v) is 5.94. The first-order valence-electron chi connectivity index (χ1n) is 10.7. The molecule has 1 atom stereocenters. The largest absolute Gasteiger partial charge is 0.486 e. The molecule has 34 heavy (non-hydrogen) atoms. The van der Waals surface area contributed by atoms with Gasteiger partial charge in [-0.05, 0) is 37.3 Å². The number of nitrogens with one attached hydrogen (secondary N) is 2. The van der Waals surface area contributed by atoms with Crippen LogP contribution in [0.3, 0.4) is 0 Å². The average molecular weight is 517 g/mol. The Bertz CT molecular complexity index is 1420. The second-order valence-electron chi connectivity index (χ2n) is 8.17. The summed E-state index contributed by atoms with van der Waals surface area (Å²) in [4.78, 5) is 10.6. The molecule has 1 aromatic carbocycles. The summed E-state index contributed by atoms with van der Waals surface area (Å²) in [7, 11) is -2.44. The Morgan fingerprint density at radius 1 is 1.12 bits per heavy atom. The van der Waals surface area contributed by atoms with E-state index < -0.39 is 9.73 Å². The molecule has 176 valence electrons. The maximum absolute atomic E-state index is 11.9. The van der Waals surface area contributed by atoms with Gasteiger partial charge in [-0.15, -0.1) is 0 Å². The van der Waals surface area contributed by atoms with Crippen molar-refractivity contribution in [3.05, 3.63) is 64.5 Å². The molecule has 5 rings (SSSR count). The van der Waals surface area contributed by atoms with Crippen LogP contribution in [0, 0.1) is 4.78 Å². The molecule has 4 aromatic rings. The Morgan fingerprint density at radius 3 is 2.53 bits per heavy atom. The van der Waals surface area contributed by atoms with Crippen LogP contribution in [0.2, 0.25) is 10.0 Å². The van der Waals surface area contributed by atoms with Gasteiger partial charge in [-0.3, -0.25) is 14.9 Å². The number of ether oxygens (including phenoxy) is 1. The van der Waals surface area contributed by atoms with Crippen molar-refractivity contribution < 1.29 is 8.95 Å². The van der Waals surface area contributed by atoms with E-state index in [4.69, 9.17) is 32.7 Å². The second kappa shape index (κ2) is 9.05. The molecular formula is C23H22Cl2N6O2S. The summed E-state index contributed by atoms with van der Waals surface area (Å²) in [6.07, 6.45) is 4.50. The number of benzene rings is 1. The van der Waals surface area contributed by atoms with Crippen molar-refractivity contribution in [2.75, 3.05) is 29.5 Å². The normalized spacial score (nSPS) is 16.5. The zero-order valence-electron chi connectivity index (χ0n) is 18.3. The van der Waals surface area contributed by atoms with Gasteiger partial charge in [0.1, 0.15) is 23.4 Å². The number of fused-ring (bicyclic) bond motifs is 1. The van der Waals surface area contributed by atoms with E-state index in [9.17, 15) is 4.21 Å². The van der Waals surface area contributed by atoms with Crippen LogP contribution in [0.1, 0.15) is 18.6 Å². The number of aromatic amines is 1. The molecule has 0 unspecified atom stereocenters. The summed E-state index contributed by atoms with van der Waals surface area (Å²) in [5.74, 6) is 2.21. The summed E-state index contributed by atoms with van der Waals surface area (Å²) in [5, 5.41) is 9.35. The average Bonchev–Trinajstić information content (AvgIpc) is 3.22. The highest BCUT2D eigenvalue weighted by Crippen LogP contribution is 2.35. The molecule has 8 nitrogen and oxygen atoms in total. The predicted octanol–water partition coefficient (Wildman–Crippen LogP) is 5.33. The molecule has 2 N–H and O–H groups in total. The van der Waals surface area contributed by atoms with Crippen LogP contribution in [-0.2, 0) is 9.73 Å². The summed E-state index contributed by atoms with van der Waals surface area (Å²) >= 11 is 12.6. The van der Waals surface area contributed by atoms with Crippen LogP contribution in [-0.4, -0.2) is 49.0 Å². The lowest BCUT2D eigenvalue weighted by atomic mass is 10.1. The lowest BCUT2D eigenvalue weighted by molar-refractivity contribution is 0.227. The lowest BCUT2D eigenvalue weighted by Crippen LogP contribution is -2.40. The van der Waals surface area contributed by atoms with Crippen molar-refractivity contribution in [2.45, 2.75) is 13.0 Å². The SMILES string of the molecule is C[C@H](Oc1ccc2[nH]nc(-c3ccc(N4CCS(=N)(=O)CC4)nc3)c2c1)c1c(Cl)cncc1Cl. The van der Waals surface area contributed by atoms with E-state index in [0.29, 0.717) is 46.0 Å². The minimum Gasteiger partial charge on any atom is -0.486 e. The molecule has 1 aliphatic heterocycles. The van der Waals surface area contributed by atoms with Gasteiger partial charge in [0.2, 0.25) is 0 Å². The Balaban J connectivity index is 1.39. The van der Waals surface area contributed by atoms with Gasteiger partial charge in [-0.1, -0.05) is 23.2 Å². The standard InChI is InChI=1S/C23H22Cl2N6O2S/c1-14(22-18(24)12-27-13-19(22)25)33-16-3-4-20-17(10-16)23(30-29-20)15-2-5-21(28-11-15)31-6-8-34(26,32)9-7-31/h2-5,10-14,26H,6-9H2,1H3,(H,29,30)/t14-/m0/s1. The molecule has 0 radical (unpaired) electrons. The van der Waals surface area contributed by atoms with E-state index in [1.54, 1.807) is 18.6 Å². The second-order valence-corrected chi connectivity index (χ2v) is 11.4. The third kappa shape index (κ3) is 4.55. The molecule has 0 amide bonds. The van der Waals surface area contributed by atoms with Crippen molar-refractivity contribution >= 4 is 49.7 Å². The number of rotatable bonds is 5. The highest BCUT2D eigenvalue weighted by atomic mass is 35.5. The van der Waals surface area contributed by atoms with Crippen LogP contribution < -0.4 is 9.64 Å². The predicted molar refractivity (Wildman–Crippen MR) is 135 cm³/mol. The fourth-order valence-electron chi connectivity index (χ4n) is 4.03. The first-order valence-corrected chi connectivity index (χ1v) is 13.4. The molecule has 1 fully saturated rings. The molecular weight excluding hydrogens is 495 g/mol. The monoisotopic (exact) mass is 516 g/mol. The highest BCUT2D eigenvalue weighted by Gasteiger charge is 2.21. The fraction of sp³-hybridized carbons (Fsp3) is 0.261. The number of aromatic nitrogens is 4. The zero-order chi connectivity index (χ0) is 23.9. The minimum absolute atomic E-state index is 0.373. The molecule has 1 aliphatic rings. The molecule has 4 heterocycles. The van der Waals surface area contributed by atoms with Crippen LogP contribution in [0.5, 0.6) is 5.75 Å². The van der Waals surface area contributed by atoms with Gasteiger partial charge in [0.25, 0.3) is 0 Å². The van der Waals surface area contributed by atoms with Crippen molar-refractivity contribution in [3.8, 4) is 17.0 Å². The Hall–Kier alpha value is -2.88. The minimum atomic E-state index is -2.44. The third-order valence-electron chi connectivity index (χ3n) is 5.87.